The van der Waals surface area contributed by atoms with Gasteiger partial charge in [0.25, 0.3) is 10.0 Å². The standard InChI is InChI=1S/C30H33F3N6O4SSi/c1-18-19(2)39(17-43-11-12-45(4,5)6)29(36-18)28-24-10-7-20(15-38(24)16-35-28)26-22(32)8-9-23(27(26)33)37-44(40,41)25-13-21(31)14-34-30(25)42-3/h7-10,13-16,37H,11-12,17H2,1-6H3. The number of ether oxygens (including phenoxy) is 2. The molecule has 5 aromatic rings. The lowest BCUT2D eigenvalue weighted by Crippen LogP contribution is -2.22. The molecule has 0 aliphatic rings. The maximum atomic E-state index is 15.8. The summed E-state index contributed by atoms with van der Waals surface area (Å²) >= 11 is 0. The number of imidazole rings is 2. The fourth-order valence-corrected chi connectivity index (χ4v) is 6.64. The van der Waals surface area contributed by atoms with Gasteiger partial charge in [-0.1, -0.05) is 25.7 Å². The van der Waals surface area contributed by atoms with Gasteiger partial charge in [0.15, 0.2) is 16.5 Å². The van der Waals surface area contributed by atoms with Crippen LogP contribution in [0, 0.1) is 31.3 Å². The molecular weight excluding hydrogens is 626 g/mol. The number of nitrogens with zero attached hydrogens (tertiary/aromatic N) is 5. The van der Waals surface area contributed by atoms with Crippen molar-refractivity contribution in [2.75, 3.05) is 18.4 Å². The zero-order chi connectivity index (χ0) is 32.7. The van der Waals surface area contributed by atoms with Crippen LogP contribution in [0.25, 0.3) is 28.2 Å². The second-order valence-electron chi connectivity index (χ2n) is 11.7. The number of halogens is 3. The molecule has 4 heterocycles. The van der Waals surface area contributed by atoms with E-state index in [2.05, 4.69) is 34.3 Å². The zero-order valence-electron chi connectivity index (χ0n) is 25.7. The Hall–Kier alpha value is -4.21. The monoisotopic (exact) mass is 658 g/mol. The van der Waals surface area contributed by atoms with Crippen molar-refractivity contribution in [3.63, 3.8) is 0 Å². The summed E-state index contributed by atoms with van der Waals surface area (Å²) < 4.78 is 87.3. The molecule has 1 aromatic carbocycles. The lowest BCUT2D eigenvalue weighted by atomic mass is 10.0. The van der Waals surface area contributed by atoms with Crippen molar-refractivity contribution in [2.24, 2.45) is 0 Å². The molecule has 238 valence electrons. The van der Waals surface area contributed by atoms with E-state index in [1.165, 1.54) is 18.6 Å². The first-order valence-corrected chi connectivity index (χ1v) is 19.2. The van der Waals surface area contributed by atoms with Gasteiger partial charge in [-0.05, 0) is 38.1 Å². The summed E-state index contributed by atoms with van der Waals surface area (Å²) in [5, 5.41) is 0. The van der Waals surface area contributed by atoms with Crippen molar-refractivity contribution < 1.29 is 31.1 Å². The average Bonchev–Trinajstić information content (AvgIpc) is 3.51. The summed E-state index contributed by atoms with van der Waals surface area (Å²) in [5.41, 5.74) is 2.06. The summed E-state index contributed by atoms with van der Waals surface area (Å²) in [7, 11) is -4.67. The Morgan fingerprint density at radius 3 is 2.51 bits per heavy atom. The fourth-order valence-electron chi connectivity index (χ4n) is 4.70. The number of aryl methyl sites for hydroxylation is 1. The van der Waals surface area contributed by atoms with E-state index < -0.39 is 57.6 Å². The first-order valence-electron chi connectivity index (χ1n) is 14.0. The van der Waals surface area contributed by atoms with Crippen LogP contribution in [0.4, 0.5) is 18.9 Å². The highest BCUT2D eigenvalue weighted by Crippen LogP contribution is 2.34. The van der Waals surface area contributed by atoms with Crippen molar-refractivity contribution in [3.05, 3.63) is 77.9 Å². The molecule has 0 fully saturated rings. The van der Waals surface area contributed by atoms with Crippen LogP contribution in [-0.2, 0) is 21.5 Å². The van der Waals surface area contributed by atoms with Crippen LogP contribution in [0.2, 0.25) is 25.7 Å². The Labute approximate surface area is 259 Å². The number of nitrogens with one attached hydrogen (secondary N) is 1. The van der Waals surface area contributed by atoms with Crippen molar-refractivity contribution in [1.82, 2.24) is 23.9 Å². The van der Waals surface area contributed by atoms with E-state index in [1.54, 1.807) is 10.5 Å². The van der Waals surface area contributed by atoms with Crippen molar-refractivity contribution in [2.45, 2.75) is 51.2 Å². The predicted molar refractivity (Wildman–Crippen MR) is 167 cm³/mol. The second-order valence-corrected chi connectivity index (χ2v) is 19.0. The van der Waals surface area contributed by atoms with Crippen molar-refractivity contribution >= 4 is 29.3 Å². The summed E-state index contributed by atoms with van der Waals surface area (Å²) in [5.74, 6) is -2.82. The smallest absolute Gasteiger partial charge is 0.267 e. The molecule has 0 unspecified atom stereocenters. The van der Waals surface area contributed by atoms with Crippen LogP contribution in [0.5, 0.6) is 5.88 Å². The molecular formula is C30H33F3N6O4SSi. The molecule has 0 bridgehead atoms. The molecule has 0 saturated heterocycles. The zero-order valence-corrected chi connectivity index (χ0v) is 27.5. The molecule has 0 amide bonds. The Morgan fingerprint density at radius 2 is 1.80 bits per heavy atom. The minimum atomic E-state index is -4.57. The maximum Gasteiger partial charge on any atom is 0.267 e. The van der Waals surface area contributed by atoms with E-state index in [1.807, 2.05) is 18.4 Å². The fraction of sp³-hybridized carbons (Fsp3) is 0.300. The van der Waals surface area contributed by atoms with Crippen LogP contribution in [0.15, 0.2) is 53.9 Å². The van der Waals surface area contributed by atoms with E-state index in [0.29, 0.717) is 36.4 Å². The number of hydrogen-bond donors (Lipinski definition) is 1. The number of anilines is 1. The second kappa shape index (κ2) is 12.3. The third-order valence-electron chi connectivity index (χ3n) is 7.31. The van der Waals surface area contributed by atoms with Gasteiger partial charge in [0, 0.05) is 38.2 Å². The summed E-state index contributed by atoms with van der Waals surface area (Å²) in [4.78, 5) is 12.2. The molecule has 5 rings (SSSR count). The van der Waals surface area contributed by atoms with Gasteiger partial charge >= 0.3 is 0 Å². The van der Waals surface area contributed by atoms with Crippen LogP contribution >= 0.6 is 0 Å². The number of aromatic nitrogens is 5. The molecule has 45 heavy (non-hydrogen) atoms. The molecule has 0 radical (unpaired) electrons. The number of hydrogen-bond acceptors (Lipinski definition) is 7. The summed E-state index contributed by atoms with van der Waals surface area (Å²) in [6.07, 6.45) is 3.78. The SMILES string of the molecule is COc1ncc(F)cc1S(=O)(=O)Nc1ccc(F)c(-c2ccc3c(-c4nc(C)c(C)n4COCC[Si](C)(C)C)ncn3c2)c1F. The largest absolute Gasteiger partial charge is 0.480 e. The predicted octanol–water partition coefficient (Wildman–Crippen LogP) is 6.42. The van der Waals surface area contributed by atoms with E-state index in [4.69, 9.17) is 14.5 Å². The quantitative estimate of drug-likeness (QED) is 0.129. The first-order chi connectivity index (χ1) is 21.2. The van der Waals surface area contributed by atoms with Crippen LogP contribution in [-0.4, -0.2) is 54.1 Å². The molecule has 0 atom stereocenters. The number of rotatable bonds is 11. The molecule has 1 N–H and O–H groups in total. The minimum Gasteiger partial charge on any atom is -0.480 e. The Kier molecular flexibility index (Phi) is 8.79. The molecule has 4 aromatic heterocycles. The summed E-state index contributed by atoms with van der Waals surface area (Å²) in [6.45, 7) is 11.7. The Balaban J connectivity index is 1.48. The van der Waals surface area contributed by atoms with Gasteiger partial charge < -0.3 is 18.4 Å². The molecule has 0 aliphatic carbocycles. The van der Waals surface area contributed by atoms with E-state index in [-0.39, 0.29) is 5.56 Å². The van der Waals surface area contributed by atoms with Gasteiger partial charge in [-0.3, -0.25) is 4.72 Å². The average molecular weight is 659 g/mol. The molecule has 15 heteroatoms. The van der Waals surface area contributed by atoms with E-state index >= 15 is 8.78 Å². The summed E-state index contributed by atoms with van der Waals surface area (Å²) in [6, 6.07) is 6.76. The lowest BCUT2D eigenvalue weighted by Gasteiger charge is -2.16. The molecule has 10 nitrogen and oxygen atoms in total. The van der Waals surface area contributed by atoms with Gasteiger partial charge in [-0.15, -0.1) is 0 Å². The minimum absolute atomic E-state index is 0.123. The van der Waals surface area contributed by atoms with E-state index in [9.17, 15) is 12.8 Å². The first kappa shape index (κ1) is 32.2. The van der Waals surface area contributed by atoms with Gasteiger partial charge in [-0.2, -0.15) is 0 Å². The third-order valence-corrected chi connectivity index (χ3v) is 10.4. The highest BCUT2D eigenvalue weighted by Gasteiger charge is 2.26. The number of fused-ring (bicyclic) bond motifs is 1. The molecule has 0 aliphatic heterocycles. The van der Waals surface area contributed by atoms with E-state index in [0.717, 1.165) is 42.9 Å². The van der Waals surface area contributed by atoms with Gasteiger partial charge in [0.05, 0.1) is 35.8 Å². The Morgan fingerprint density at radius 1 is 1.04 bits per heavy atom. The highest BCUT2D eigenvalue weighted by molar-refractivity contribution is 7.92. The van der Waals surface area contributed by atoms with Gasteiger partial charge in [0.1, 0.15) is 30.4 Å². The van der Waals surface area contributed by atoms with Gasteiger partial charge in [-0.25, -0.2) is 36.5 Å². The van der Waals surface area contributed by atoms with Crippen molar-refractivity contribution in [1.29, 1.82) is 0 Å². The van der Waals surface area contributed by atoms with Crippen LogP contribution < -0.4 is 9.46 Å². The van der Waals surface area contributed by atoms with Crippen molar-refractivity contribution in [3.8, 4) is 28.5 Å². The normalized spacial score (nSPS) is 12.2. The number of pyridine rings is 2. The highest BCUT2D eigenvalue weighted by atomic mass is 32.2. The number of sulfonamides is 1. The maximum absolute atomic E-state index is 15.8. The number of benzene rings is 1. The number of methoxy groups -OCH3 is 1. The lowest BCUT2D eigenvalue weighted by molar-refractivity contribution is 0.0869. The molecule has 0 saturated carbocycles. The van der Waals surface area contributed by atoms with Crippen LogP contribution in [0.1, 0.15) is 11.4 Å². The topological polar surface area (TPSA) is 113 Å². The molecule has 0 spiro atoms. The Bertz CT molecular complexity index is 2010. The van der Waals surface area contributed by atoms with Crippen LogP contribution in [0.3, 0.4) is 0 Å². The van der Waals surface area contributed by atoms with Gasteiger partial charge in [0.2, 0.25) is 5.88 Å². The third kappa shape index (κ3) is 6.60.